The zero-order chi connectivity index (χ0) is 13.4. The van der Waals surface area contributed by atoms with Crippen molar-refractivity contribution < 1.29 is 13.2 Å². The third-order valence-electron chi connectivity index (χ3n) is 5.20. The van der Waals surface area contributed by atoms with Gasteiger partial charge in [-0.2, -0.15) is 13.2 Å². The minimum absolute atomic E-state index is 0.182. The van der Waals surface area contributed by atoms with Crippen LogP contribution in [-0.4, -0.2) is 19.3 Å². The van der Waals surface area contributed by atoms with Crippen LogP contribution >= 0.6 is 0 Å². The predicted octanol–water partition coefficient (Wildman–Crippen LogP) is 3.99. The maximum absolute atomic E-state index is 12.7. The first kappa shape index (κ1) is 14.2. The number of alkyl halides is 3. The van der Waals surface area contributed by atoms with E-state index in [9.17, 15) is 13.2 Å². The van der Waals surface area contributed by atoms with Crippen LogP contribution in [0.4, 0.5) is 13.2 Å². The number of hydrogen-bond donors (Lipinski definition) is 1. The van der Waals surface area contributed by atoms with Gasteiger partial charge in [-0.15, -0.1) is 0 Å². The van der Waals surface area contributed by atoms with E-state index in [-0.39, 0.29) is 5.41 Å². The van der Waals surface area contributed by atoms with Crippen LogP contribution in [0.15, 0.2) is 0 Å². The van der Waals surface area contributed by atoms with Gasteiger partial charge >= 0.3 is 6.18 Å². The summed E-state index contributed by atoms with van der Waals surface area (Å²) in [5.74, 6) is 0.0477. The second kappa shape index (κ2) is 5.03. The minimum atomic E-state index is -3.98. The van der Waals surface area contributed by atoms with Crippen LogP contribution < -0.4 is 5.32 Å². The zero-order valence-electron chi connectivity index (χ0n) is 11.3. The molecule has 0 aromatic heterocycles. The van der Waals surface area contributed by atoms with Crippen molar-refractivity contribution in [2.75, 3.05) is 13.1 Å². The first-order valence-electron chi connectivity index (χ1n) is 7.12. The number of nitrogens with one attached hydrogen (secondary N) is 1. The SMILES string of the molecule is CC(C)C1CNCCC12CCC(C(F)(F)F)CC2. The highest BCUT2D eigenvalue weighted by Crippen LogP contribution is 2.52. The summed E-state index contributed by atoms with van der Waals surface area (Å²) in [6.45, 7) is 6.36. The highest BCUT2D eigenvalue weighted by molar-refractivity contribution is 4.96. The normalized spacial score (nSPS) is 38.3. The lowest BCUT2D eigenvalue weighted by Crippen LogP contribution is -2.49. The summed E-state index contributed by atoms with van der Waals surface area (Å²) in [5, 5.41) is 3.41. The van der Waals surface area contributed by atoms with E-state index < -0.39 is 12.1 Å². The highest BCUT2D eigenvalue weighted by Gasteiger charge is 2.49. The first-order valence-corrected chi connectivity index (χ1v) is 7.12. The second-order valence-electron chi connectivity index (χ2n) is 6.48. The van der Waals surface area contributed by atoms with Gasteiger partial charge in [0, 0.05) is 0 Å². The molecule has 0 aromatic rings. The third kappa shape index (κ3) is 2.68. The van der Waals surface area contributed by atoms with Crippen LogP contribution in [0.5, 0.6) is 0 Å². The van der Waals surface area contributed by atoms with E-state index in [1.807, 2.05) is 0 Å². The predicted molar refractivity (Wildman–Crippen MR) is 66.3 cm³/mol. The molecule has 1 saturated heterocycles. The van der Waals surface area contributed by atoms with Gasteiger partial charge < -0.3 is 5.32 Å². The van der Waals surface area contributed by atoms with Crippen molar-refractivity contribution >= 4 is 0 Å². The summed E-state index contributed by atoms with van der Waals surface area (Å²) in [5.41, 5.74) is 0.182. The average molecular weight is 263 g/mol. The maximum atomic E-state index is 12.7. The van der Waals surface area contributed by atoms with Crippen molar-refractivity contribution in [1.29, 1.82) is 0 Å². The topological polar surface area (TPSA) is 12.0 Å². The van der Waals surface area contributed by atoms with Gasteiger partial charge in [-0.25, -0.2) is 0 Å². The van der Waals surface area contributed by atoms with E-state index in [0.717, 1.165) is 32.4 Å². The fourth-order valence-electron chi connectivity index (χ4n) is 4.08. The van der Waals surface area contributed by atoms with E-state index in [1.165, 1.54) is 0 Å². The molecule has 2 fully saturated rings. The molecule has 1 atom stereocenters. The molecule has 0 bridgehead atoms. The van der Waals surface area contributed by atoms with Crippen LogP contribution in [0.25, 0.3) is 0 Å². The summed E-state index contributed by atoms with van der Waals surface area (Å²) in [6.07, 6.45) is -0.717. The Morgan fingerprint density at radius 1 is 1.11 bits per heavy atom. The van der Waals surface area contributed by atoms with Crippen molar-refractivity contribution in [3.05, 3.63) is 0 Å². The first-order chi connectivity index (χ1) is 8.35. The van der Waals surface area contributed by atoms with Crippen molar-refractivity contribution in [2.24, 2.45) is 23.2 Å². The lowest BCUT2D eigenvalue weighted by Gasteiger charge is -2.50. The molecule has 0 aromatic carbocycles. The van der Waals surface area contributed by atoms with Crippen LogP contribution in [0.1, 0.15) is 46.0 Å². The molecule has 18 heavy (non-hydrogen) atoms. The molecule has 1 heterocycles. The molecule has 2 rings (SSSR count). The van der Waals surface area contributed by atoms with Crippen molar-refractivity contribution in [3.8, 4) is 0 Å². The van der Waals surface area contributed by atoms with E-state index >= 15 is 0 Å². The molecule has 4 heteroatoms. The lowest BCUT2D eigenvalue weighted by molar-refractivity contribution is -0.191. The van der Waals surface area contributed by atoms with E-state index in [4.69, 9.17) is 0 Å². The molecule has 1 aliphatic heterocycles. The molecule has 2 aliphatic rings. The molecule has 0 amide bonds. The Morgan fingerprint density at radius 3 is 2.22 bits per heavy atom. The van der Waals surface area contributed by atoms with Gasteiger partial charge in [-0.05, 0) is 62.4 Å². The Labute approximate surface area is 108 Å². The van der Waals surface area contributed by atoms with Gasteiger partial charge in [0.1, 0.15) is 0 Å². The molecule has 1 aliphatic carbocycles. The average Bonchev–Trinajstić information content (AvgIpc) is 2.28. The molecule has 1 nitrogen and oxygen atoms in total. The molecule has 1 spiro atoms. The Bertz CT molecular complexity index is 277. The van der Waals surface area contributed by atoms with Crippen molar-refractivity contribution in [3.63, 3.8) is 0 Å². The minimum Gasteiger partial charge on any atom is -0.316 e. The van der Waals surface area contributed by atoms with Gasteiger partial charge in [0.15, 0.2) is 0 Å². The Morgan fingerprint density at radius 2 is 1.72 bits per heavy atom. The Hall–Kier alpha value is -0.250. The smallest absolute Gasteiger partial charge is 0.316 e. The summed E-state index contributed by atoms with van der Waals surface area (Å²) in [7, 11) is 0. The van der Waals surface area contributed by atoms with Crippen LogP contribution in [0, 0.1) is 23.2 Å². The summed E-state index contributed by atoms with van der Waals surface area (Å²) in [6, 6.07) is 0. The molecule has 106 valence electrons. The summed E-state index contributed by atoms with van der Waals surface area (Å²) < 4.78 is 38.2. The molecular weight excluding hydrogens is 239 g/mol. The largest absolute Gasteiger partial charge is 0.391 e. The molecular formula is C14H24F3N. The highest BCUT2D eigenvalue weighted by atomic mass is 19.4. The Kier molecular flexibility index (Phi) is 3.96. The van der Waals surface area contributed by atoms with Crippen molar-refractivity contribution in [1.82, 2.24) is 5.32 Å². The van der Waals surface area contributed by atoms with Gasteiger partial charge in [-0.1, -0.05) is 13.8 Å². The fourth-order valence-corrected chi connectivity index (χ4v) is 4.08. The quantitative estimate of drug-likeness (QED) is 0.754. The standard InChI is InChI=1S/C14H24F3N/c1-10(2)12-9-18-8-7-13(12)5-3-11(4-6-13)14(15,16)17/h10-12,18H,3-9H2,1-2H3. The zero-order valence-corrected chi connectivity index (χ0v) is 11.3. The molecule has 1 unspecified atom stereocenters. The van der Waals surface area contributed by atoms with E-state index in [0.29, 0.717) is 24.7 Å². The lowest BCUT2D eigenvalue weighted by atomic mass is 9.58. The van der Waals surface area contributed by atoms with Crippen LogP contribution in [0.3, 0.4) is 0 Å². The van der Waals surface area contributed by atoms with Gasteiger partial charge in [0.25, 0.3) is 0 Å². The van der Waals surface area contributed by atoms with Crippen LogP contribution in [0.2, 0.25) is 0 Å². The summed E-state index contributed by atoms with van der Waals surface area (Å²) >= 11 is 0. The van der Waals surface area contributed by atoms with Crippen LogP contribution in [-0.2, 0) is 0 Å². The molecule has 1 saturated carbocycles. The van der Waals surface area contributed by atoms with Gasteiger partial charge in [-0.3, -0.25) is 0 Å². The van der Waals surface area contributed by atoms with Gasteiger partial charge in [0.05, 0.1) is 5.92 Å². The number of rotatable bonds is 1. The monoisotopic (exact) mass is 263 g/mol. The van der Waals surface area contributed by atoms with E-state index in [1.54, 1.807) is 0 Å². The van der Waals surface area contributed by atoms with Gasteiger partial charge in [0.2, 0.25) is 0 Å². The van der Waals surface area contributed by atoms with Crippen molar-refractivity contribution in [2.45, 2.75) is 52.1 Å². The molecule has 0 radical (unpaired) electrons. The number of hydrogen-bond acceptors (Lipinski definition) is 1. The Balaban J connectivity index is 2.05. The maximum Gasteiger partial charge on any atom is 0.391 e. The summed E-state index contributed by atoms with van der Waals surface area (Å²) in [4.78, 5) is 0. The fraction of sp³-hybridized carbons (Fsp3) is 1.00. The number of piperidine rings is 1. The van der Waals surface area contributed by atoms with E-state index in [2.05, 4.69) is 19.2 Å². The number of halogens is 3. The molecule has 1 N–H and O–H groups in total. The second-order valence-corrected chi connectivity index (χ2v) is 6.48. The third-order valence-corrected chi connectivity index (χ3v) is 5.20.